The second-order valence-corrected chi connectivity index (χ2v) is 11.3. The SMILES string of the molecule is C=CC(=O)OCCCCOC(=O)c1ccc(OC(=O)c2ccc(OC(=O)c3ccc(OCCCCCCOC(=O)C(C)CC)cc3)cc2)cc1. The van der Waals surface area contributed by atoms with Crippen LogP contribution in [0.25, 0.3) is 0 Å². The molecular weight excluding hydrogens is 644 g/mol. The van der Waals surface area contributed by atoms with Crippen molar-refractivity contribution >= 4 is 29.8 Å². The maximum atomic E-state index is 12.6. The third-order valence-corrected chi connectivity index (χ3v) is 7.44. The minimum Gasteiger partial charge on any atom is -0.494 e. The number of ether oxygens (including phenoxy) is 6. The Hall–Kier alpha value is -5.45. The Bertz CT molecular complexity index is 1540. The van der Waals surface area contributed by atoms with Crippen molar-refractivity contribution in [3.05, 3.63) is 102 Å². The zero-order valence-corrected chi connectivity index (χ0v) is 28.6. The van der Waals surface area contributed by atoms with E-state index in [9.17, 15) is 24.0 Å². The molecule has 0 aliphatic heterocycles. The number of carbonyl (C=O) groups excluding carboxylic acids is 5. The molecule has 0 amide bonds. The lowest BCUT2D eigenvalue weighted by atomic mass is 10.1. The molecule has 266 valence electrons. The fraction of sp³-hybridized carbons (Fsp3) is 0.359. The first-order valence-corrected chi connectivity index (χ1v) is 16.7. The van der Waals surface area contributed by atoms with Crippen molar-refractivity contribution in [3.63, 3.8) is 0 Å². The lowest BCUT2D eigenvalue weighted by Crippen LogP contribution is -2.14. The quantitative estimate of drug-likeness (QED) is 0.0365. The van der Waals surface area contributed by atoms with Gasteiger partial charge in [0.25, 0.3) is 0 Å². The van der Waals surface area contributed by atoms with Gasteiger partial charge in [-0.1, -0.05) is 20.4 Å². The first-order valence-electron chi connectivity index (χ1n) is 16.7. The Kier molecular flexibility index (Phi) is 16.8. The third kappa shape index (κ3) is 14.0. The fourth-order valence-electron chi connectivity index (χ4n) is 4.25. The minimum absolute atomic E-state index is 0.0601. The summed E-state index contributed by atoms with van der Waals surface area (Å²) in [5, 5.41) is 0. The van der Waals surface area contributed by atoms with E-state index in [0.717, 1.165) is 38.2 Å². The Labute approximate surface area is 292 Å². The summed E-state index contributed by atoms with van der Waals surface area (Å²) in [6.07, 6.45) is 6.51. The van der Waals surface area contributed by atoms with Crippen molar-refractivity contribution in [2.75, 3.05) is 26.4 Å². The van der Waals surface area contributed by atoms with Gasteiger partial charge in [-0.05, 0) is 118 Å². The molecule has 11 nitrogen and oxygen atoms in total. The van der Waals surface area contributed by atoms with Crippen LogP contribution in [0.3, 0.4) is 0 Å². The van der Waals surface area contributed by atoms with Crippen molar-refractivity contribution < 1.29 is 52.4 Å². The summed E-state index contributed by atoms with van der Waals surface area (Å²) in [6, 6.07) is 18.5. The molecule has 1 unspecified atom stereocenters. The van der Waals surface area contributed by atoms with Crippen LogP contribution in [0.4, 0.5) is 0 Å². The van der Waals surface area contributed by atoms with Crippen LogP contribution in [0, 0.1) is 5.92 Å². The summed E-state index contributed by atoms with van der Waals surface area (Å²) in [4.78, 5) is 60.2. The monoisotopic (exact) mass is 688 g/mol. The van der Waals surface area contributed by atoms with Crippen molar-refractivity contribution in [3.8, 4) is 17.2 Å². The van der Waals surface area contributed by atoms with Gasteiger partial charge >= 0.3 is 29.8 Å². The van der Waals surface area contributed by atoms with Crippen molar-refractivity contribution in [2.24, 2.45) is 5.92 Å². The van der Waals surface area contributed by atoms with E-state index in [4.69, 9.17) is 28.4 Å². The Balaban J connectivity index is 1.34. The summed E-state index contributed by atoms with van der Waals surface area (Å²) in [5.41, 5.74) is 0.864. The molecule has 1 atom stereocenters. The Morgan fingerprint density at radius 3 is 1.48 bits per heavy atom. The van der Waals surface area contributed by atoms with Crippen LogP contribution in [0.15, 0.2) is 85.5 Å². The second-order valence-electron chi connectivity index (χ2n) is 11.3. The molecule has 0 bridgehead atoms. The first-order chi connectivity index (χ1) is 24.2. The summed E-state index contributed by atoms with van der Waals surface area (Å²) < 4.78 is 31.9. The van der Waals surface area contributed by atoms with Gasteiger partial charge in [0.05, 0.1) is 49.0 Å². The number of carbonyl (C=O) groups is 5. The van der Waals surface area contributed by atoms with Gasteiger partial charge in [-0.3, -0.25) is 4.79 Å². The average molecular weight is 689 g/mol. The molecule has 0 heterocycles. The lowest BCUT2D eigenvalue weighted by Gasteiger charge is -2.09. The van der Waals surface area contributed by atoms with E-state index in [-0.39, 0.29) is 47.7 Å². The summed E-state index contributed by atoms with van der Waals surface area (Å²) in [6.45, 7) is 8.50. The van der Waals surface area contributed by atoms with E-state index in [1.54, 1.807) is 24.3 Å². The maximum absolute atomic E-state index is 12.6. The van der Waals surface area contributed by atoms with Crippen LogP contribution in [-0.4, -0.2) is 56.3 Å². The summed E-state index contributed by atoms with van der Waals surface area (Å²) in [5.74, 6) is -1.30. The predicted octanol–water partition coefficient (Wildman–Crippen LogP) is 7.32. The van der Waals surface area contributed by atoms with Crippen LogP contribution in [0.5, 0.6) is 17.2 Å². The zero-order valence-electron chi connectivity index (χ0n) is 28.6. The summed E-state index contributed by atoms with van der Waals surface area (Å²) in [7, 11) is 0. The molecule has 0 N–H and O–H groups in total. The highest BCUT2D eigenvalue weighted by atomic mass is 16.5. The van der Waals surface area contributed by atoms with Crippen molar-refractivity contribution in [2.45, 2.75) is 58.8 Å². The van der Waals surface area contributed by atoms with Crippen molar-refractivity contribution in [1.82, 2.24) is 0 Å². The standard InChI is InChI=1S/C39H44O11/c1-4-28(3)36(41)47-26-9-7-6-8-24-45-32-18-12-30(13-19-32)38(43)50-34-22-16-31(17-23-34)39(44)49-33-20-14-29(15-21-33)37(42)48-27-11-10-25-46-35(40)5-2/h5,12-23,28H,2,4,6-11,24-27H2,1,3H3. The zero-order chi connectivity index (χ0) is 36.1. The van der Waals surface area contributed by atoms with Crippen LogP contribution in [0.2, 0.25) is 0 Å². The van der Waals surface area contributed by atoms with Gasteiger partial charge in [0, 0.05) is 6.08 Å². The third-order valence-electron chi connectivity index (χ3n) is 7.44. The van der Waals surface area contributed by atoms with Crippen LogP contribution >= 0.6 is 0 Å². The summed E-state index contributed by atoms with van der Waals surface area (Å²) >= 11 is 0. The van der Waals surface area contributed by atoms with Crippen LogP contribution in [0.1, 0.15) is 89.9 Å². The van der Waals surface area contributed by atoms with Gasteiger partial charge in [-0.2, -0.15) is 0 Å². The molecule has 0 fully saturated rings. The highest BCUT2D eigenvalue weighted by Crippen LogP contribution is 2.20. The highest BCUT2D eigenvalue weighted by molar-refractivity contribution is 5.93. The average Bonchev–Trinajstić information content (AvgIpc) is 3.14. The smallest absolute Gasteiger partial charge is 0.343 e. The topological polar surface area (TPSA) is 141 Å². The first kappa shape index (κ1) is 39.0. The molecule has 0 saturated heterocycles. The van der Waals surface area contributed by atoms with Gasteiger partial charge in [0.1, 0.15) is 17.2 Å². The molecule has 50 heavy (non-hydrogen) atoms. The maximum Gasteiger partial charge on any atom is 0.343 e. The second kappa shape index (κ2) is 21.5. The molecular formula is C39H44O11. The van der Waals surface area contributed by atoms with Crippen LogP contribution in [-0.2, 0) is 23.8 Å². The molecule has 0 aromatic heterocycles. The molecule has 11 heteroatoms. The largest absolute Gasteiger partial charge is 0.494 e. The normalized spacial score (nSPS) is 11.1. The van der Waals surface area contributed by atoms with E-state index < -0.39 is 23.9 Å². The molecule has 0 spiro atoms. The van der Waals surface area contributed by atoms with Gasteiger partial charge < -0.3 is 28.4 Å². The van der Waals surface area contributed by atoms with E-state index in [1.165, 1.54) is 48.5 Å². The predicted molar refractivity (Wildman–Crippen MR) is 184 cm³/mol. The highest BCUT2D eigenvalue weighted by Gasteiger charge is 2.14. The molecule has 0 aliphatic rings. The van der Waals surface area contributed by atoms with Gasteiger partial charge in [-0.15, -0.1) is 0 Å². The number of esters is 5. The lowest BCUT2D eigenvalue weighted by molar-refractivity contribution is -0.148. The molecule has 3 aromatic carbocycles. The number of hydrogen-bond donors (Lipinski definition) is 0. The van der Waals surface area contributed by atoms with E-state index >= 15 is 0 Å². The molecule has 0 saturated carbocycles. The van der Waals surface area contributed by atoms with Gasteiger partial charge in [0.2, 0.25) is 0 Å². The molecule has 0 radical (unpaired) electrons. The number of benzene rings is 3. The van der Waals surface area contributed by atoms with Gasteiger partial charge in [0.15, 0.2) is 0 Å². The van der Waals surface area contributed by atoms with Gasteiger partial charge in [-0.25, -0.2) is 19.2 Å². The minimum atomic E-state index is -0.631. The Morgan fingerprint density at radius 1 is 0.560 bits per heavy atom. The van der Waals surface area contributed by atoms with Crippen LogP contribution < -0.4 is 14.2 Å². The molecule has 0 aliphatic carbocycles. The number of hydrogen-bond acceptors (Lipinski definition) is 11. The van der Waals surface area contributed by atoms with E-state index in [1.807, 2.05) is 13.8 Å². The molecule has 3 rings (SSSR count). The number of rotatable bonds is 21. The fourth-order valence-corrected chi connectivity index (χ4v) is 4.25. The van der Waals surface area contributed by atoms with E-state index in [0.29, 0.717) is 37.4 Å². The van der Waals surface area contributed by atoms with Crippen molar-refractivity contribution in [1.29, 1.82) is 0 Å². The molecule has 3 aromatic rings. The van der Waals surface area contributed by atoms with E-state index in [2.05, 4.69) is 6.58 Å². The number of unbranched alkanes of at least 4 members (excludes halogenated alkanes) is 4. The Morgan fingerprint density at radius 2 is 0.980 bits per heavy atom.